The maximum Gasteiger partial charge on any atom is 0.135 e. The first-order valence-corrected chi connectivity index (χ1v) is 3.87. The van der Waals surface area contributed by atoms with Gasteiger partial charge in [-0.15, -0.1) is 0 Å². The van der Waals surface area contributed by atoms with Gasteiger partial charge in [0.25, 0.3) is 0 Å². The van der Waals surface area contributed by atoms with E-state index in [2.05, 4.69) is 0 Å². The molecule has 0 bridgehead atoms. The molecule has 0 aromatic carbocycles. The van der Waals surface area contributed by atoms with E-state index in [9.17, 15) is 9.90 Å². The summed E-state index contributed by atoms with van der Waals surface area (Å²) in [6, 6.07) is 0. The molecule has 0 aliphatic rings. The zero-order valence-electron chi connectivity index (χ0n) is 7.13. The van der Waals surface area contributed by atoms with Crippen LogP contribution in [0, 0.1) is 0 Å². The van der Waals surface area contributed by atoms with Gasteiger partial charge in [-0.1, -0.05) is 6.92 Å². The molecule has 0 amide bonds. The molecule has 66 valence electrons. The Hall–Kier alpha value is -0.410. The van der Waals surface area contributed by atoms with Crippen LogP contribution >= 0.6 is 0 Å². The highest BCUT2D eigenvalue weighted by Crippen LogP contribution is 2.14. The summed E-state index contributed by atoms with van der Waals surface area (Å²) in [5.41, 5.74) is -1.03. The fraction of sp³-hybridized carbons (Fsp3) is 0.875. The number of Topliss-reactive ketones (excluding diaryl/α,β-unsaturated/α-hetero) is 1. The first-order chi connectivity index (χ1) is 5.02. The number of aliphatic hydroxyl groups excluding tert-OH is 1. The molecule has 0 radical (unpaired) electrons. The Morgan fingerprint density at radius 2 is 2.09 bits per heavy atom. The fourth-order valence-electron chi connectivity index (χ4n) is 0.879. The van der Waals surface area contributed by atoms with Gasteiger partial charge in [0, 0.05) is 19.4 Å². The number of rotatable bonds is 5. The molecule has 0 aromatic heterocycles. The van der Waals surface area contributed by atoms with Crippen LogP contribution in [-0.4, -0.2) is 28.2 Å². The summed E-state index contributed by atoms with van der Waals surface area (Å²) in [7, 11) is 0. The van der Waals surface area contributed by atoms with Crippen LogP contribution in [0.3, 0.4) is 0 Å². The summed E-state index contributed by atoms with van der Waals surface area (Å²) in [6.45, 7) is 3.25. The maximum absolute atomic E-state index is 10.9. The fourth-order valence-corrected chi connectivity index (χ4v) is 0.879. The van der Waals surface area contributed by atoms with Crippen LogP contribution in [0.15, 0.2) is 0 Å². The highest BCUT2D eigenvalue weighted by Gasteiger charge is 2.22. The second-order valence-electron chi connectivity index (χ2n) is 3.04. The third kappa shape index (κ3) is 4.93. The number of carbonyl (C=O) groups is 1. The number of hydrogen-bond donors (Lipinski definition) is 2. The summed E-state index contributed by atoms with van der Waals surface area (Å²) in [5.74, 6) is 0.0310. The van der Waals surface area contributed by atoms with E-state index in [1.165, 1.54) is 0 Å². The van der Waals surface area contributed by atoms with Gasteiger partial charge < -0.3 is 10.2 Å². The topological polar surface area (TPSA) is 57.5 Å². The molecular formula is C8H16O3. The minimum Gasteiger partial charge on any atom is -0.396 e. The smallest absolute Gasteiger partial charge is 0.135 e. The molecule has 0 saturated heterocycles. The molecule has 0 fully saturated rings. The second kappa shape index (κ2) is 4.46. The predicted molar refractivity (Wildman–Crippen MR) is 42.2 cm³/mol. The van der Waals surface area contributed by atoms with Crippen LogP contribution in [-0.2, 0) is 4.79 Å². The minimum absolute atomic E-state index is 0.0310. The SMILES string of the molecule is CCC(=O)CC(C)(O)CCO. The van der Waals surface area contributed by atoms with Crippen LogP contribution in [0.4, 0.5) is 0 Å². The van der Waals surface area contributed by atoms with Crippen LogP contribution in [0.25, 0.3) is 0 Å². The van der Waals surface area contributed by atoms with Crippen molar-refractivity contribution >= 4 is 5.78 Å². The standard InChI is InChI=1S/C8H16O3/c1-3-7(10)6-8(2,11)4-5-9/h9,11H,3-6H2,1-2H3. The van der Waals surface area contributed by atoms with Gasteiger partial charge in [0.15, 0.2) is 0 Å². The Morgan fingerprint density at radius 3 is 2.45 bits per heavy atom. The van der Waals surface area contributed by atoms with E-state index < -0.39 is 5.60 Å². The Morgan fingerprint density at radius 1 is 1.55 bits per heavy atom. The van der Waals surface area contributed by atoms with E-state index in [0.29, 0.717) is 6.42 Å². The molecule has 3 heteroatoms. The minimum atomic E-state index is -1.03. The lowest BCUT2D eigenvalue weighted by atomic mass is 9.95. The van der Waals surface area contributed by atoms with Gasteiger partial charge in [0.2, 0.25) is 0 Å². The number of aliphatic hydroxyl groups is 2. The van der Waals surface area contributed by atoms with Gasteiger partial charge in [-0.3, -0.25) is 4.79 Å². The summed E-state index contributed by atoms with van der Waals surface area (Å²) in [6.07, 6.45) is 0.852. The third-order valence-corrected chi connectivity index (χ3v) is 1.62. The molecule has 0 saturated carbocycles. The molecule has 0 aliphatic carbocycles. The van der Waals surface area contributed by atoms with Crippen molar-refractivity contribution in [2.45, 2.75) is 38.7 Å². The van der Waals surface area contributed by atoms with E-state index in [4.69, 9.17) is 5.11 Å². The Balaban J connectivity index is 3.80. The average Bonchev–Trinajstić information content (AvgIpc) is 1.86. The predicted octanol–water partition coefficient (Wildman–Crippen LogP) is 0.489. The summed E-state index contributed by atoms with van der Waals surface area (Å²) in [4.78, 5) is 10.9. The highest BCUT2D eigenvalue weighted by atomic mass is 16.3. The Labute approximate surface area is 67.0 Å². The van der Waals surface area contributed by atoms with Crippen molar-refractivity contribution in [2.24, 2.45) is 0 Å². The number of carbonyl (C=O) groups excluding carboxylic acids is 1. The van der Waals surface area contributed by atoms with E-state index in [0.717, 1.165) is 0 Å². The van der Waals surface area contributed by atoms with Gasteiger partial charge in [-0.25, -0.2) is 0 Å². The van der Waals surface area contributed by atoms with Crippen molar-refractivity contribution in [3.63, 3.8) is 0 Å². The van der Waals surface area contributed by atoms with E-state index in [-0.39, 0.29) is 25.2 Å². The van der Waals surface area contributed by atoms with E-state index >= 15 is 0 Å². The lowest BCUT2D eigenvalue weighted by Gasteiger charge is -2.20. The second-order valence-corrected chi connectivity index (χ2v) is 3.04. The van der Waals surface area contributed by atoms with Crippen LogP contribution < -0.4 is 0 Å². The van der Waals surface area contributed by atoms with Crippen molar-refractivity contribution in [2.75, 3.05) is 6.61 Å². The largest absolute Gasteiger partial charge is 0.396 e. The molecule has 1 unspecified atom stereocenters. The van der Waals surface area contributed by atoms with Gasteiger partial charge in [0.05, 0.1) is 5.60 Å². The van der Waals surface area contributed by atoms with Gasteiger partial charge >= 0.3 is 0 Å². The molecular weight excluding hydrogens is 144 g/mol. The van der Waals surface area contributed by atoms with E-state index in [1.807, 2.05) is 0 Å². The van der Waals surface area contributed by atoms with Crippen molar-refractivity contribution in [1.29, 1.82) is 0 Å². The van der Waals surface area contributed by atoms with Gasteiger partial charge in [-0.05, 0) is 13.3 Å². The van der Waals surface area contributed by atoms with Crippen molar-refractivity contribution in [1.82, 2.24) is 0 Å². The maximum atomic E-state index is 10.9. The monoisotopic (exact) mass is 160 g/mol. The van der Waals surface area contributed by atoms with Crippen LogP contribution in [0.5, 0.6) is 0 Å². The lowest BCUT2D eigenvalue weighted by molar-refractivity contribution is -0.123. The quantitative estimate of drug-likeness (QED) is 0.615. The number of ketones is 1. The Bertz CT molecular complexity index is 129. The molecule has 0 spiro atoms. The molecule has 0 rings (SSSR count). The van der Waals surface area contributed by atoms with Crippen molar-refractivity contribution in [3.05, 3.63) is 0 Å². The van der Waals surface area contributed by atoms with Crippen molar-refractivity contribution < 1.29 is 15.0 Å². The average molecular weight is 160 g/mol. The van der Waals surface area contributed by atoms with Gasteiger partial charge in [-0.2, -0.15) is 0 Å². The molecule has 11 heavy (non-hydrogen) atoms. The molecule has 2 N–H and O–H groups in total. The molecule has 0 aliphatic heterocycles. The zero-order valence-corrected chi connectivity index (χ0v) is 7.13. The normalized spacial score (nSPS) is 16.0. The first-order valence-electron chi connectivity index (χ1n) is 3.87. The first kappa shape index (κ1) is 10.6. The molecule has 0 heterocycles. The number of hydrogen-bond acceptors (Lipinski definition) is 3. The van der Waals surface area contributed by atoms with Gasteiger partial charge in [0.1, 0.15) is 5.78 Å². The molecule has 0 aromatic rings. The van der Waals surface area contributed by atoms with Crippen molar-refractivity contribution in [3.8, 4) is 0 Å². The molecule has 1 atom stereocenters. The molecule has 3 nitrogen and oxygen atoms in total. The zero-order chi connectivity index (χ0) is 8.91. The van der Waals surface area contributed by atoms with Crippen LogP contribution in [0.1, 0.15) is 33.1 Å². The summed E-state index contributed by atoms with van der Waals surface area (Å²) < 4.78 is 0. The summed E-state index contributed by atoms with van der Waals surface area (Å²) in [5, 5.41) is 18.0. The van der Waals surface area contributed by atoms with E-state index in [1.54, 1.807) is 13.8 Å². The Kier molecular flexibility index (Phi) is 4.30. The highest BCUT2D eigenvalue weighted by molar-refractivity contribution is 5.78. The van der Waals surface area contributed by atoms with Crippen LogP contribution in [0.2, 0.25) is 0 Å². The lowest BCUT2D eigenvalue weighted by Crippen LogP contribution is -2.28. The third-order valence-electron chi connectivity index (χ3n) is 1.62. The summed E-state index contributed by atoms with van der Waals surface area (Å²) >= 11 is 0.